The second-order valence-corrected chi connectivity index (χ2v) is 9.14. The molecular weight excluding hydrogens is 374 g/mol. The molecule has 1 aromatic rings. The number of hydrogen-bond acceptors (Lipinski definition) is 5. The third kappa shape index (κ3) is 8.62. The Morgan fingerprint density at radius 1 is 1.14 bits per heavy atom. The monoisotopic (exact) mass is 392 g/mol. The SMILES string of the molecule is Cl.O=P(O)(O)C(NCCCCSc1ccccn1)P(=O)(O)O. The zero-order valence-electron chi connectivity index (χ0n) is 11.5. The molecule has 1 rings (SSSR count). The molecule has 0 saturated heterocycles. The van der Waals surface area contributed by atoms with Gasteiger partial charge >= 0.3 is 15.2 Å². The third-order valence-electron chi connectivity index (χ3n) is 2.42. The lowest BCUT2D eigenvalue weighted by atomic mass is 10.3. The van der Waals surface area contributed by atoms with Crippen LogP contribution >= 0.6 is 39.4 Å². The number of rotatable bonds is 9. The van der Waals surface area contributed by atoms with Crippen LogP contribution in [0.1, 0.15) is 12.8 Å². The third-order valence-corrected chi connectivity index (χ3v) is 6.90. The summed E-state index contributed by atoms with van der Waals surface area (Å²) in [5, 5.41) is 3.13. The highest BCUT2D eigenvalue weighted by molar-refractivity contribution is 7.99. The van der Waals surface area contributed by atoms with E-state index in [2.05, 4.69) is 10.3 Å². The van der Waals surface area contributed by atoms with Crippen molar-refractivity contribution in [1.29, 1.82) is 0 Å². The van der Waals surface area contributed by atoms with Gasteiger partial charge in [0, 0.05) is 6.20 Å². The molecule has 5 N–H and O–H groups in total. The Morgan fingerprint density at radius 3 is 2.27 bits per heavy atom. The number of thioether (sulfide) groups is 1. The van der Waals surface area contributed by atoms with E-state index in [1.165, 1.54) is 0 Å². The van der Waals surface area contributed by atoms with E-state index >= 15 is 0 Å². The molecule has 128 valence electrons. The number of aromatic nitrogens is 1. The maximum Gasteiger partial charge on any atom is 0.354 e. The largest absolute Gasteiger partial charge is 0.354 e. The van der Waals surface area contributed by atoms with Crippen molar-refractivity contribution in [2.75, 3.05) is 12.3 Å². The molecule has 12 heteroatoms. The van der Waals surface area contributed by atoms with Crippen LogP contribution in [0, 0.1) is 0 Å². The molecule has 0 spiro atoms. The van der Waals surface area contributed by atoms with Gasteiger partial charge in [0.05, 0.1) is 5.03 Å². The van der Waals surface area contributed by atoms with Gasteiger partial charge in [-0.15, -0.1) is 24.2 Å². The molecule has 0 atom stereocenters. The Morgan fingerprint density at radius 2 is 1.77 bits per heavy atom. The number of pyridine rings is 1. The zero-order chi connectivity index (χ0) is 15.9. The molecular formula is C10H19ClN2O6P2S. The van der Waals surface area contributed by atoms with Crippen LogP contribution in [-0.2, 0) is 9.13 Å². The fourth-order valence-electron chi connectivity index (χ4n) is 1.50. The highest BCUT2D eigenvalue weighted by Gasteiger charge is 2.42. The Labute approximate surface area is 138 Å². The van der Waals surface area contributed by atoms with E-state index < -0.39 is 20.7 Å². The van der Waals surface area contributed by atoms with Crippen LogP contribution in [-0.4, -0.2) is 42.4 Å². The van der Waals surface area contributed by atoms with Crippen molar-refractivity contribution in [3.8, 4) is 0 Å². The highest BCUT2D eigenvalue weighted by atomic mass is 35.5. The molecule has 0 bridgehead atoms. The maximum atomic E-state index is 11.0. The maximum absolute atomic E-state index is 11.0. The van der Waals surface area contributed by atoms with Crippen LogP contribution in [0.3, 0.4) is 0 Å². The minimum atomic E-state index is -4.89. The van der Waals surface area contributed by atoms with Crippen molar-refractivity contribution in [1.82, 2.24) is 10.3 Å². The van der Waals surface area contributed by atoms with Gasteiger partial charge in [0.25, 0.3) is 0 Å². The van der Waals surface area contributed by atoms with Crippen molar-refractivity contribution < 1.29 is 28.7 Å². The van der Waals surface area contributed by atoms with E-state index in [-0.39, 0.29) is 19.0 Å². The molecule has 0 fully saturated rings. The second-order valence-electron chi connectivity index (χ2n) is 4.23. The first-order valence-corrected chi connectivity index (χ1v) is 10.4. The summed E-state index contributed by atoms with van der Waals surface area (Å²) in [6.07, 6.45) is 2.95. The van der Waals surface area contributed by atoms with Gasteiger partial charge in [0.2, 0.25) is 5.52 Å². The molecule has 1 aromatic heterocycles. The Bertz CT molecular complexity index is 503. The van der Waals surface area contributed by atoms with Crippen LogP contribution in [0.15, 0.2) is 29.4 Å². The summed E-state index contributed by atoms with van der Waals surface area (Å²) in [6, 6.07) is 5.57. The lowest BCUT2D eigenvalue weighted by Gasteiger charge is -2.20. The summed E-state index contributed by atoms with van der Waals surface area (Å²) in [4.78, 5) is 39.8. The number of halogens is 1. The van der Waals surface area contributed by atoms with Gasteiger partial charge < -0.3 is 19.6 Å². The van der Waals surface area contributed by atoms with Crippen molar-refractivity contribution in [2.45, 2.75) is 23.4 Å². The lowest BCUT2D eigenvalue weighted by Crippen LogP contribution is -2.29. The smallest absolute Gasteiger partial charge is 0.323 e. The Balaban J connectivity index is 0.00000441. The van der Waals surface area contributed by atoms with Crippen LogP contribution in [0.5, 0.6) is 0 Å². The molecule has 0 unspecified atom stereocenters. The van der Waals surface area contributed by atoms with Crippen LogP contribution in [0.2, 0.25) is 0 Å². The van der Waals surface area contributed by atoms with Gasteiger partial charge in [-0.2, -0.15) is 0 Å². The molecule has 0 aliphatic rings. The van der Waals surface area contributed by atoms with Crippen LogP contribution in [0.25, 0.3) is 0 Å². The van der Waals surface area contributed by atoms with Gasteiger partial charge in [0.1, 0.15) is 0 Å². The second kappa shape index (κ2) is 10.0. The van der Waals surface area contributed by atoms with Gasteiger partial charge in [-0.25, -0.2) is 4.98 Å². The summed E-state index contributed by atoms with van der Waals surface area (Å²) < 4.78 is 22.0. The Kier molecular flexibility index (Phi) is 10.1. The molecule has 8 nitrogen and oxygen atoms in total. The number of unbranched alkanes of at least 4 members (excludes halogenated alkanes) is 1. The van der Waals surface area contributed by atoms with Gasteiger partial charge in [-0.3, -0.25) is 14.4 Å². The minimum Gasteiger partial charge on any atom is -0.323 e. The van der Waals surface area contributed by atoms with E-state index in [0.717, 1.165) is 17.2 Å². The molecule has 0 aliphatic carbocycles. The molecule has 0 aromatic carbocycles. The fourth-order valence-corrected chi connectivity index (χ4v) is 4.67. The van der Waals surface area contributed by atoms with Crippen LogP contribution < -0.4 is 5.32 Å². The quantitative estimate of drug-likeness (QED) is 0.241. The lowest BCUT2D eigenvalue weighted by molar-refractivity contribution is 0.327. The summed E-state index contributed by atoms with van der Waals surface area (Å²) in [5.74, 6) is 0.759. The molecule has 0 saturated carbocycles. The first-order chi connectivity index (χ1) is 9.71. The van der Waals surface area contributed by atoms with Gasteiger partial charge in [-0.1, -0.05) is 6.07 Å². The van der Waals surface area contributed by atoms with Crippen molar-refractivity contribution >= 4 is 39.4 Å². The first-order valence-electron chi connectivity index (χ1n) is 6.09. The normalized spacial score (nSPS) is 12.2. The molecule has 0 amide bonds. The average molecular weight is 393 g/mol. The summed E-state index contributed by atoms with van der Waals surface area (Å²) in [6.45, 7) is 0.115. The number of nitrogens with zero attached hydrogens (tertiary/aromatic N) is 1. The highest BCUT2D eigenvalue weighted by Crippen LogP contribution is 2.58. The van der Waals surface area contributed by atoms with E-state index in [1.807, 2.05) is 18.2 Å². The average Bonchev–Trinajstić information content (AvgIpc) is 2.35. The number of hydrogen-bond donors (Lipinski definition) is 5. The molecule has 0 radical (unpaired) electrons. The Hall–Kier alpha value is 0.0500. The predicted molar refractivity (Wildman–Crippen MR) is 87.3 cm³/mol. The standard InChI is InChI=1S/C10H18N2O6P2S.ClH/c13-19(14,15)10(20(16,17)18)12-7-3-4-8-21-9-5-1-2-6-11-9;/h1-2,5-6,10,12H,3-4,7-8H2,(H2,13,14,15)(H2,16,17,18);1H. The zero-order valence-corrected chi connectivity index (χ0v) is 14.9. The summed E-state index contributed by atoms with van der Waals surface area (Å²) >= 11 is 1.54. The van der Waals surface area contributed by atoms with Gasteiger partial charge in [0.15, 0.2) is 0 Å². The fraction of sp³-hybridized carbons (Fsp3) is 0.500. The number of nitrogens with one attached hydrogen (secondary N) is 1. The van der Waals surface area contributed by atoms with Crippen molar-refractivity contribution in [3.05, 3.63) is 24.4 Å². The predicted octanol–water partition coefficient (Wildman–Crippen LogP) is 1.60. The molecule has 0 aliphatic heterocycles. The van der Waals surface area contributed by atoms with Crippen LogP contribution in [0.4, 0.5) is 0 Å². The summed E-state index contributed by atoms with van der Waals surface area (Å²) in [5.41, 5.74) is -2.13. The molecule has 22 heavy (non-hydrogen) atoms. The summed E-state index contributed by atoms with van der Waals surface area (Å²) in [7, 11) is -9.78. The van der Waals surface area contributed by atoms with E-state index in [4.69, 9.17) is 19.6 Å². The topological polar surface area (TPSA) is 140 Å². The minimum absolute atomic E-state index is 0. The van der Waals surface area contributed by atoms with E-state index in [9.17, 15) is 9.13 Å². The van der Waals surface area contributed by atoms with Gasteiger partial charge in [-0.05, 0) is 37.3 Å². The van der Waals surface area contributed by atoms with E-state index in [0.29, 0.717) is 6.42 Å². The van der Waals surface area contributed by atoms with Crippen molar-refractivity contribution in [2.24, 2.45) is 0 Å². The molecule has 1 heterocycles. The van der Waals surface area contributed by atoms with E-state index in [1.54, 1.807) is 18.0 Å². The first kappa shape index (κ1) is 22.1. The van der Waals surface area contributed by atoms with Crippen molar-refractivity contribution in [3.63, 3.8) is 0 Å².